The molecule has 13 heavy (non-hydrogen) atoms. The van der Waals surface area contributed by atoms with Crippen molar-refractivity contribution in [3.05, 3.63) is 49.1 Å². The molecule has 0 saturated heterocycles. The van der Waals surface area contributed by atoms with Gasteiger partial charge in [-0.25, -0.2) is 0 Å². The second-order valence-corrected chi connectivity index (χ2v) is 3.65. The Morgan fingerprint density at radius 1 is 1.23 bits per heavy atom. The summed E-state index contributed by atoms with van der Waals surface area (Å²) in [7, 11) is 0. The maximum absolute atomic E-state index is 3.80. The molecule has 0 heteroatoms. The second-order valence-electron chi connectivity index (χ2n) is 3.65. The molecule has 1 aliphatic rings. The van der Waals surface area contributed by atoms with Crippen LogP contribution in [0.1, 0.15) is 19.8 Å². The first-order valence-corrected chi connectivity index (χ1v) is 4.86. The molecule has 0 aromatic carbocycles. The Labute approximate surface area is 81.4 Å². The molecule has 0 amide bonds. The van der Waals surface area contributed by atoms with E-state index < -0.39 is 0 Å². The molecule has 0 nitrogen and oxygen atoms in total. The van der Waals surface area contributed by atoms with Crippen LogP contribution in [0.5, 0.6) is 0 Å². The van der Waals surface area contributed by atoms with Crippen LogP contribution in [-0.2, 0) is 0 Å². The fraction of sp³-hybridized carbons (Fsp3) is 0.385. The Morgan fingerprint density at radius 3 is 2.46 bits per heavy atom. The zero-order valence-corrected chi connectivity index (χ0v) is 8.37. The summed E-state index contributed by atoms with van der Waals surface area (Å²) >= 11 is 0. The summed E-state index contributed by atoms with van der Waals surface area (Å²) in [5, 5.41) is 0. The highest BCUT2D eigenvalue weighted by atomic mass is 14.2. The van der Waals surface area contributed by atoms with Crippen LogP contribution >= 0.6 is 0 Å². The molecule has 0 spiro atoms. The third kappa shape index (κ3) is 2.73. The molecule has 0 bridgehead atoms. The maximum atomic E-state index is 3.80. The molecule has 2 unspecified atom stereocenters. The zero-order chi connectivity index (χ0) is 9.68. The second kappa shape index (κ2) is 4.86. The van der Waals surface area contributed by atoms with E-state index in [1.807, 2.05) is 12.2 Å². The van der Waals surface area contributed by atoms with Crippen LogP contribution in [0.25, 0.3) is 0 Å². The minimum absolute atomic E-state index is 0.624. The van der Waals surface area contributed by atoms with Gasteiger partial charge in [-0.15, -0.1) is 13.2 Å². The molecule has 0 N–H and O–H groups in total. The summed E-state index contributed by atoms with van der Waals surface area (Å²) in [5.41, 5.74) is 1.37. The minimum atomic E-state index is 0.624. The number of rotatable bonds is 4. The topological polar surface area (TPSA) is 0 Å². The van der Waals surface area contributed by atoms with Crippen LogP contribution in [0.2, 0.25) is 0 Å². The molecule has 0 fully saturated rings. The Kier molecular flexibility index (Phi) is 3.75. The summed E-state index contributed by atoms with van der Waals surface area (Å²) in [6.07, 6.45) is 13.0. The quantitative estimate of drug-likeness (QED) is 0.567. The zero-order valence-electron chi connectivity index (χ0n) is 8.37. The summed E-state index contributed by atoms with van der Waals surface area (Å²) in [6.45, 7) is 9.73. The average molecular weight is 174 g/mol. The Morgan fingerprint density at radius 2 is 1.85 bits per heavy atom. The normalized spacial score (nSPS) is 26.7. The predicted molar refractivity (Wildman–Crippen MR) is 59.5 cm³/mol. The molecular formula is C13H18. The summed E-state index contributed by atoms with van der Waals surface area (Å²) in [6, 6.07) is 0. The van der Waals surface area contributed by atoms with Crippen molar-refractivity contribution in [2.24, 2.45) is 11.8 Å². The molecular weight excluding hydrogens is 156 g/mol. The number of allylic oxidation sites excluding steroid dienone is 6. The SMILES string of the molecule is C=CCC1C=CC(C)=CC1CC=C. The molecule has 70 valence electrons. The van der Waals surface area contributed by atoms with Crippen molar-refractivity contribution in [3.8, 4) is 0 Å². The Bertz CT molecular complexity index is 243. The van der Waals surface area contributed by atoms with Gasteiger partial charge in [-0.2, -0.15) is 0 Å². The van der Waals surface area contributed by atoms with E-state index in [2.05, 4.69) is 38.3 Å². The van der Waals surface area contributed by atoms with Gasteiger partial charge < -0.3 is 0 Å². The van der Waals surface area contributed by atoms with Crippen LogP contribution in [0.4, 0.5) is 0 Å². The molecule has 0 aliphatic heterocycles. The van der Waals surface area contributed by atoms with Crippen molar-refractivity contribution in [2.75, 3.05) is 0 Å². The lowest BCUT2D eigenvalue weighted by Gasteiger charge is -2.23. The lowest BCUT2D eigenvalue weighted by Crippen LogP contribution is -2.12. The van der Waals surface area contributed by atoms with Crippen molar-refractivity contribution < 1.29 is 0 Å². The van der Waals surface area contributed by atoms with Gasteiger partial charge in [0.25, 0.3) is 0 Å². The minimum Gasteiger partial charge on any atom is -0.103 e. The predicted octanol–water partition coefficient (Wildman–Crippen LogP) is 3.89. The molecule has 0 radical (unpaired) electrons. The van der Waals surface area contributed by atoms with E-state index in [-0.39, 0.29) is 0 Å². The smallest absolute Gasteiger partial charge is 0.0127 e. The average Bonchev–Trinajstić information content (AvgIpc) is 2.10. The van der Waals surface area contributed by atoms with Crippen molar-refractivity contribution in [1.82, 2.24) is 0 Å². The van der Waals surface area contributed by atoms with E-state index in [0.29, 0.717) is 11.8 Å². The fourth-order valence-electron chi connectivity index (χ4n) is 1.82. The summed E-state index contributed by atoms with van der Waals surface area (Å²) in [5.74, 6) is 1.25. The number of hydrogen-bond donors (Lipinski definition) is 0. The molecule has 0 heterocycles. The van der Waals surface area contributed by atoms with Crippen molar-refractivity contribution >= 4 is 0 Å². The number of hydrogen-bond acceptors (Lipinski definition) is 0. The van der Waals surface area contributed by atoms with Crippen LogP contribution < -0.4 is 0 Å². The van der Waals surface area contributed by atoms with Gasteiger partial charge in [0, 0.05) is 0 Å². The maximum Gasteiger partial charge on any atom is -0.0127 e. The van der Waals surface area contributed by atoms with Crippen LogP contribution in [0.3, 0.4) is 0 Å². The van der Waals surface area contributed by atoms with Gasteiger partial charge in [0.05, 0.1) is 0 Å². The lowest BCUT2D eigenvalue weighted by molar-refractivity contribution is 0.476. The highest BCUT2D eigenvalue weighted by Gasteiger charge is 2.16. The monoisotopic (exact) mass is 174 g/mol. The van der Waals surface area contributed by atoms with Crippen molar-refractivity contribution in [1.29, 1.82) is 0 Å². The highest BCUT2D eigenvalue weighted by molar-refractivity contribution is 5.24. The van der Waals surface area contributed by atoms with E-state index in [1.54, 1.807) is 0 Å². The lowest BCUT2D eigenvalue weighted by atomic mass is 9.82. The third-order valence-corrected chi connectivity index (χ3v) is 2.51. The first kappa shape index (κ1) is 10.0. The largest absolute Gasteiger partial charge is 0.103 e. The standard InChI is InChI=1S/C13H18/c1-4-6-12-9-8-11(3)10-13(12)7-5-2/h4-5,8-10,12-13H,1-2,6-7H2,3H3. The first-order valence-electron chi connectivity index (χ1n) is 4.86. The Balaban J connectivity index is 2.68. The van der Waals surface area contributed by atoms with E-state index in [0.717, 1.165) is 12.8 Å². The summed E-state index contributed by atoms with van der Waals surface area (Å²) < 4.78 is 0. The Hall–Kier alpha value is -1.04. The van der Waals surface area contributed by atoms with Gasteiger partial charge in [-0.1, -0.05) is 36.0 Å². The molecule has 1 aliphatic carbocycles. The van der Waals surface area contributed by atoms with Crippen molar-refractivity contribution in [3.63, 3.8) is 0 Å². The van der Waals surface area contributed by atoms with Crippen LogP contribution in [-0.4, -0.2) is 0 Å². The van der Waals surface area contributed by atoms with Gasteiger partial charge in [0.1, 0.15) is 0 Å². The van der Waals surface area contributed by atoms with Gasteiger partial charge >= 0.3 is 0 Å². The molecule has 0 aromatic rings. The van der Waals surface area contributed by atoms with Gasteiger partial charge in [0.2, 0.25) is 0 Å². The van der Waals surface area contributed by atoms with Crippen molar-refractivity contribution in [2.45, 2.75) is 19.8 Å². The molecule has 2 atom stereocenters. The van der Waals surface area contributed by atoms with E-state index in [9.17, 15) is 0 Å². The molecule has 0 aromatic heterocycles. The molecule has 1 rings (SSSR count). The van der Waals surface area contributed by atoms with Gasteiger partial charge in [-0.05, 0) is 31.6 Å². The van der Waals surface area contributed by atoms with Gasteiger partial charge in [0.15, 0.2) is 0 Å². The highest BCUT2D eigenvalue weighted by Crippen LogP contribution is 2.28. The van der Waals surface area contributed by atoms with E-state index >= 15 is 0 Å². The van der Waals surface area contributed by atoms with Crippen LogP contribution in [0, 0.1) is 11.8 Å². The van der Waals surface area contributed by atoms with E-state index in [4.69, 9.17) is 0 Å². The first-order chi connectivity index (χ1) is 6.27. The van der Waals surface area contributed by atoms with Gasteiger partial charge in [-0.3, -0.25) is 0 Å². The fourth-order valence-corrected chi connectivity index (χ4v) is 1.82. The van der Waals surface area contributed by atoms with Crippen LogP contribution in [0.15, 0.2) is 49.1 Å². The summed E-state index contributed by atoms with van der Waals surface area (Å²) in [4.78, 5) is 0. The molecule has 0 saturated carbocycles. The van der Waals surface area contributed by atoms with E-state index in [1.165, 1.54) is 5.57 Å². The third-order valence-electron chi connectivity index (χ3n) is 2.51.